The number of nitrogens with one attached hydrogen (secondary N) is 2. The minimum Gasteiger partial charge on any atom is -0.478 e. The molecule has 1 heterocycles. The van der Waals surface area contributed by atoms with Gasteiger partial charge in [-0.2, -0.15) is 0 Å². The summed E-state index contributed by atoms with van der Waals surface area (Å²) in [4.78, 5) is 37.5. The van der Waals surface area contributed by atoms with Crippen molar-refractivity contribution in [2.45, 2.75) is 55.4 Å². The summed E-state index contributed by atoms with van der Waals surface area (Å²) in [7, 11) is 1.30. The number of carbonyl (C=O) groups is 3. The predicted molar refractivity (Wildman–Crippen MR) is 206 cm³/mol. The van der Waals surface area contributed by atoms with Crippen molar-refractivity contribution >= 4 is 29.7 Å². The summed E-state index contributed by atoms with van der Waals surface area (Å²) in [5.41, 5.74) is 6.55. The third-order valence-electron chi connectivity index (χ3n) is 9.10. The van der Waals surface area contributed by atoms with Gasteiger partial charge in [-0.05, 0) is 69.8 Å². The van der Waals surface area contributed by atoms with Gasteiger partial charge in [0.25, 0.3) is 0 Å². The SMILES string of the molecule is COC(=O)C(Cc1ccccc1)NC(=O)NCc1cccc(-c2cccc(C3OC(CSc4ccc(C(=O)O)cc4)CC(c4ccc(CO)cc4)O3)c2)c1. The average Bonchev–Trinajstić information content (AvgIpc) is 3.22. The Bertz CT molecular complexity index is 2020. The monoisotopic (exact) mass is 746 g/mol. The number of aromatic carboxylic acids is 1. The Morgan fingerprint density at radius 2 is 1.50 bits per heavy atom. The lowest BCUT2D eigenvalue weighted by atomic mass is 9.99. The van der Waals surface area contributed by atoms with Gasteiger partial charge in [0.2, 0.25) is 0 Å². The molecule has 0 spiro atoms. The summed E-state index contributed by atoms with van der Waals surface area (Å²) >= 11 is 1.60. The summed E-state index contributed by atoms with van der Waals surface area (Å²) in [6, 6.07) is 38.5. The van der Waals surface area contributed by atoms with Gasteiger partial charge in [0, 0.05) is 35.6 Å². The highest BCUT2D eigenvalue weighted by atomic mass is 32.2. The molecule has 1 aliphatic rings. The van der Waals surface area contributed by atoms with E-state index in [1.54, 1.807) is 36.0 Å². The van der Waals surface area contributed by atoms with E-state index in [0.717, 1.165) is 43.8 Å². The van der Waals surface area contributed by atoms with E-state index in [4.69, 9.17) is 14.2 Å². The first-order chi connectivity index (χ1) is 26.3. The molecule has 54 heavy (non-hydrogen) atoms. The van der Waals surface area contributed by atoms with Crippen LogP contribution in [0.2, 0.25) is 0 Å². The van der Waals surface area contributed by atoms with Crippen molar-refractivity contribution in [3.8, 4) is 11.1 Å². The van der Waals surface area contributed by atoms with Crippen molar-refractivity contribution in [2.24, 2.45) is 0 Å². The Balaban J connectivity index is 1.14. The first-order valence-electron chi connectivity index (χ1n) is 17.6. The largest absolute Gasteiger partial charge is 0.478 e. The van der Waals surface area contributed by atoms with E-state index < -0.39 is 30.3 Å². The molecule has 2 amide bonds. The normalized spacial score (nSPS) is 17.3. The topological polar surface area (TPSA) is 143 Å². The van der Waals surface area contributed by atoms with E-state index in [1.807, 2.05) is 103 Å². The lowest BCUT2D eigenvalue weighted by molar-refractivity contribution is -0.245. The minimum atomic E-state index is -0.962. The first kappa shape index (κ1) is 38.3. The molecule has 4 unspecified atom stereocenters. The first-order valence-corrected chi connectivity index (χ1v) is 18.6. The van der Waals surface area contributed by atoms with Crippen LogP contribution < -0.4 is 10.6 Å². The molecule has 0 saturated carbocycles. The van der Waals surface area contributed by atoms with E-state index in [2.05, 4.69) is 10.6 Å². The molecule has 10 nitrogen and oxygen atoms in total. The molecular weight excluding hydrogens is 705 g/mol. The van der Waals surface area contributed by atoms with Gasteiger partial charge in [0.15, 0.2) is 6.29 Å². The fourth-order valence-corrected chi connectivity index (χ4v) is 7.13. The molecule has 6 rings (SSSR count). The summed E-state index contributed by atoms with van der Waals surface area (Å²) in [5, 5.41) is 24.4. The number of urea groups is 1. The number of esters is 1. The Kier molecular flexibility index (Phi) is 13.1. The van der Waals surface area contributed by atoms with Crippen LogP contribution in [0.1, 0.15) is 57.0 Å². The maximum atomic E-state index is 12.9. The van der Waals surface area contributed by atoms with Crippen molar-refractivity contribution in [1.29, 1.82) is 0 Å². The van der Waals surface area contributed by atoms with Gasteiger partial charge in [-0.1, -0.05) is 91.0 Å². The standard InChI is InChI=1S/C43H42N2O8S/c1-51-41(49)38(22-28-7-3-2-4-8-28)45-43(50)44-25-30-9-5-10-33(21-30)34-11-6-12-35(23-34)42-52-36(27-54-37-19-17-32(18-20-37)40(47)48)24-39(53-42)31-15-13-29(26-46)14-16-31/h2-21,23,36,38-39,42,46H,22,24-27H2,1H3,(H,47,48)(H2,44,45,50). The number of aliphatic hydroxyl groups excluding tert-OH is 1. The van der Waals surface area contributed by atoms with Gasteiger partial charge in [-0.3, -0.25) is 0 Å². The summed E-state index contributed by atoms with van der Waals surface area (Å²) in [5.74, 6) is -0.854. The number of aliphatic hydroxyl groups is 1. The van der Waals surface area contributed by atoms with E-state index in [0.29, 0.717) is 18.6 Å². The van der Waals surface area contributed by atoms with Gasteiger partial charge >= 0.3 is 18.0 Å². The van der Waals surface area contributed by atoms with Gasteiger partial charge in [0.1, 0.15) is 6.04 Å². The highest BCUT2D eigenvalue weighted by Gasteiger charge is 2.32. The summed E-state index contributed by atoms with van der Waals surface area (Å²) in [6.07, 6.45) is -0.170. The summed E-state index contributed by atoms with van der Waals surface area (Å²) in [6.45, 7) is 0.196. The molecule has 0 aromatic heterocycles. The van der Waals surface area contributed by atoms with Crippen LogP contribution >= 0.6 is 11.8 Å². The molecule has 11 heteroatoms. The van der Waals surface area contributed by atoms with Crippen LogP contribution in [-0.2, 0) is 38.6 Å². The number of carboxylic acid groups (broad SMARTS) is 1. The molecule has 5 aromatic carbocycles. The van der Waals surface area contributed by atoms with Crippen LogP contribution in [0.15, 0.2) is 132 Å². The van der Waals surface area contributed by atoms with Crippen molar-refractivity contribution in [3.05, 3.63) is 161 Å². The second-order valence-corrected chi connectivity index (χ2v) is 14.0. The van der Waals surface area contributed by atoms with Crippen LogP contribution in [0.5, 0.6) is 0 Å². The van der Waals surface area contributed by atoms with E-state index in [9.17, 15) is 24.6 Å². The van der Waals surface area contributed by atoms with Gasteiger partial charge in [0.05, 0.1) is 31.5 Å². The minimum absolute atomic E-state index is 0.0423. The predicted octanol–water partition coefficient (Wildman–Crippen LogP) is 7.47. The zero-order valence-electron chi connectivity index (χ0n) is 29.7. The van der Waals surface area contributed by atoms with Crippen LogP contribution in [-0.4, -0.2) is 53.2 Å². The van der Waals surface area contributed by atoms with Crippen LogP contribution in [0.4, 0.5) is 4.79 Å². The number of ether oxygens (including phenoxy) is 3. The molecule has 278 valence electrons. The number of hydrogen-bond donors (Lipinski definition) is 4. The number of methoxy groups -OCH3 is 1. The average molecular weight is 747 g/mol. The van der Waals surface area contributed by atoms with Crippen molar-refractivity contribution in [3.63, 3.8) is 0 Å². The van der Waals surface area contributed by atoms with E-state index in [1.165, 1.54) is 7.11 Å². The maximum Gasteiger partial charge on any atom is 0.335 e. The Labute approximate surface area is 318 Å². The third kappa shape index (κ3) is 10.4. The quantitative estimate of drug-likeness (QED) is 0.0673. The Morgan fingerprint density at radius 3 is 2.20 bits per heavy atom. The number of rotatable bonds is 14. The highest BCUT2D eigenvalue weighted by molar-refractivity contribution is 7.99. The zero-order chi connectivity index (χ0) is 37.9. The molecule has 1 saturated heterocycles. The van der Waals surface area contributed by atoms with Crippen molar-refractivity contribution < 1.29 is 38.8 Å². The number of hydrogen-bond acceptors (Lipinski definition) is 8. The number of benzene rings is 5. The molecule has 0 aliphatic carbocycles. The number of amides is 2. The Hall–Kier alpha value is -5.46. The van der Waals surface area contributed by atoms with Gasteiger partial charge < -0.3 is 35.1 Å². The maximum absolute atomic E-state index is 12.9. The number of carboxylic acids is 1. The molecular formula is C43H42N2O8S. The number of carbonyl (C=O) groups excluding carboxylic acids is 2. The van der Waals surface area contributed by atoms with Crippen LogP contribution in [0, 0.1) is 0 Å². The lowest BCUT2D eigenvalue weighted by Crippen LogP contribution is -2.47. The molecule has 4 atom stereocenters. The molecule has 0 bridgehead atoms. The molecule has 5 aromatic rings. The summed E-state index contributed by atoms with van der Waals surface area (Å²) < 4.78 is 18.1. The fraction of sp³-hybridized carbons (Fsp3) is 0.233. The van der Waals surface area contributed by atoms with Crippen LogP contribution in [0.25, 0.3) is 11.1 Å². The zero-order valence-corrected chi connectivity index (χ0v) is 30.5. The van der Waals surface area contributed by atoms with Gasteiger partial charge in [-0.25, -0.2) is 14.4 Å². The highest BCUT2D eigenvalue weighted by Crippen LogP contribution is 2.40. The lowest BCUT2D eigenvalue weighted by Gasteiger charge is -2.36. The second kappa shape index (κ2) is 18.5. The van der Waals surface area contributed by atoms with E-state index >= 15 is 0 Å². The molecule has 1 aliphatic heterocycles. The molecule has 4 N–H and O–H groups in total. The fourth-order valence-electron chi connectivity index (χ4n) is 6.21. The Morgan fingerprint density at radius 1 is 0.796 bits per heavy atom. The van der Waals surface area contributed by atoms with Crippen LogP contribution in [0.3, 0.4) is 0 Å². The number of thioether (sulfide) groups is 1. The molecule has 1 fully saturated rings. The van der Waals surface area contributed by atoms with E-state index in [-0.39, 0.29) is 30.9 Å². The molecule has 0 radical (unpaired) electrons. The second-order valence-electron chi connectivity index (χ2n) is 12.9. The van der Waals surface area contributed by atoms with Crippen molar-refractivity contribution in [2.75, 3.05) is 12.9 Å². The third-order valence-corrected chi connectivity index (χ3v) is 10.2. The smallest absolute Gasteiger partial charge is 0.335 e. The van der Waals surface area contributed by atoms with Gasteiger partial charge in [-0.15, -0.1) is 11.8 Å². The van der Waals surface area contributed by atoms with Crippen molar-refractivity contribution in [1.82, 2.24) is 10.6 Å².